The lowest BCUT2D eigenvalue weighted by atomic mass is 9.95. The van der Waals surface area contributed by atoms with Crippen LogP contribution >= 0.6 is 11.6 Å². The van der Waals surface area contributed by atoms with Crippen LogP contribution in [0.5, 0.6) is 5.75 Å². The van der Waals surface area contributed by atoms with Crippen LogP contribution in [0.1, 0.15) is 0 Å². The molecule has 0 aliphatic carbocycles. The van der Waals surface area contributed by atoms with Crippen molar-refractivity contribution in [1.82, 2.24) is 0 Å². The molecule has 0 saturated heterocycles. The number of halogens is 1. The van der Waals surface area contributed by atoms with Crippen LogP contribution in [0, 0.1) is 0 Å². The van der Waals surface area contributed by atoms with E-state index in [4.69, 9.17) is 24.6 Å². The first-order valence-electron chi connectivity index (χ1n) is 2.44. The molecular formula is C6H4BClO. The normalized spacial score (nSPS) is 9.44. The summed E-state index contributed by atoms with van der Waals surface area (Å²) in [7, 11) is 5.28. The van der Waals surface area contributed by atoms with Gasteiger partial charge in [-0.2, -0.15) is 0 Å². The Kier molecular flexibility index (Phi) is 1.67. The SMILES string of the molecule is [B]c1ccc(Cl)cc1O. The molecule has 1 aromatic carbocycles. The van der Waals surface area contributed by atoms with Crippen molar-refractivity contribution in [2.75, 3.05) is 0 Å². The highest BCUT2D eigenvalue weighted by Crippen LogP contribution is 2.12. The Morgan fingerprint density at radius 1 is 1.44 bits per heavy atom. The largest absolute Gasteiger partial charge is 0.509 e. The van der Waals surface area contributed by atoms with Gasteiger partial charge in [0.1, 0.15) is 13.6 Å². The van der Waals surface area contributed by atoms with Crippen LogP contribution in [0.3, 0.4) is 0 Å². The van der Waals surface area contributed by atoms with Crippen molar-refractivity contribution in [1.29, 1.82) is 0 Å². The second-order valence-electron chi connectivity index (χ2n) is 1.70. The van der Waals surface area contributed by atoms with E-state index in [0.717, 1.165) is 0 Å². The first kappa shape index (κ1) is 6.49. The summed E-state index contributed by atoms with van der Waals surface area (Å²) in [5, 5.41) is 9.38. The van der Waals surface area contributed by atoms with E-state index in [-0.39, 0.29) is 5.75 Å². The monoisotopic (exact) mass is 138 g/mol. The third kappa shape index (κ3) is 1.39. The van der Waals surface area contributed by atoms with Crippen molar-refractivity contribution >= 4 is 24.9 Å². The molecular weight excluding hydrogens is 134 g/mol. The summed E-state index contributed by atoms with van der Waals surface area (Å²) in [6.45, 7) is 0. The molecule has 0 bridgehead atoms. The van der Waals surface area contributed by atoms with Gasteiger partial charge >= 0.3 is 0 Å². The number of phenolic OH excluding ortho intramolecular Hbond substituents is 1. The van der Waals surface area contributed by atoms with Crippen LogP contribution in [0.4, 0.5) is 0 Å². The van der Waals surface area contributed by atoms with Gasteiger partial charge in [-0.15, -0.1) is 0 Å². The zero-order valence-corrected chi connectivity index (χ0v) is 5.39. The molecule has 0 aliphatic heterocycles. The van der Waals surface area contributed by atoms with E-state index in [1.54, 1.807) is 12.1 Å². The number of hydrogen-bond donors (Lipinski definition) is 1. The van der Waals surface area contributed by atoms with E-state index in [1.165, 1.54) is 6.07 Å². The molecule has 1 aromatic rings. The maximum Gasteiger partial charge on any atom is 0.118 e. The van der Waals surface area contributed by atoms with Gasteiger partial charge in [-0.3, -0.25) is 0 Å². The van der Waals surface area contributed by atoms with Crippen molar-refractivity contribution in [3.63, 3.8) is 0 Å². The fourth-order valence-corrected chi connectivity index (χ4v) is 0.683. The van der Waals surface area contributed by atoms with Gasteiger partial charge < -0.3 is 5.11 Å². The first-order valence-corrected chi connectivity index (χ1v) is 2.82. The Morgan fingerprint density at radius 3 is 2.56 bits per heavy atom. The zero-order valence-electron chi connectivity index (χ0n) is 4.63. The standard InChI is InChI=1S/C6H4BClO/c7-5-2-1-4(8)3-6(5)9/h1-3,9H. The molecule has 0 unspecified atom stereocenters. The third-order valence-corrected chi connectivity index (χ3v) is 1.23. The highest BCUT2D eigenvalue weighted by molar-refractivity contribution is 6.35. The van der Waals surface area contributed by atoms with Crippen LogP contribution in [0.25, 0.3) is 0 Å². The predicted octanol–water partition coefficient (Wildman–Crippen LogP) is 0.839. The minimum atomic E-state index is 0.0301. The molecule has 1 nitrogen and oxygen atoms in total. The smallest absolute Gasteiger partial charge is 0.118 e. The maximum atomic E-state index is 8.89. The van der Waals surface area contributed by atoms with Gasteiger partial charge in [0, 0.05) is 5.02 Å². The molecule has 9 heavy (non-hydrogen) atoms. The minimum absolute atomic E-state index is 0.0301. The Bertz CT molecular complexity index is 224. The third-order valence-electron chi connectivity index (χ3n) is 0.992. The van der Waals surface area contributed by atoms with Crippen LogP contribution in [-0.2, 0) is 0 Å². The van der Waals surface area contributed by atoms with Crippen LogP contribution in [0.2, 0.25) is 5.02 Å². The van der Waals surface area contributed by atoms with Gasteiger partial charge in [-0.1, -0.05) is 23.1 Å². The van der Waals surface area contributed by atoms with E-state index in [0.29, 0.717) is 10.5 Å². The molecule has 0 heterocycles. The molecule has 1 rings (SSSR count). The van der Waals surface area contributed by atoms with Gasteiger partial charge in [0.05, 0.1) is 0 Å². The molecule has 0 atom stereocenters. The fraction of sp³-hybridized carbons (Fsp3) is 0. The summed E-state index contributed by atoms with van der Waals surface area (Å²) in [4.78, 5) is 0. The number of phenols is 1. The summed E-state index contributed by atoms with van der Waals surface area (Å²) >= 11 is 5.50. The topological polar surface area (TPSA) is 20.2 Å². The molecule has 0 amide bonds. The zero-order chi connectivity index (χ0) is 6.85. The molecule has 0 aliphatic rings. The van der Waals surface area contributed by atoms with Gasteiger partial charge in [-0.05, 0) is 12.1 Å². The Balaban J connectivity index is 3.17. The molecule has 44 valence electrons. The summed E-state index contributed by atoms with van der Waals surface area (Å²) in [5.41, 5.74) is 0.347. The summed E-state index contributed by atoms with van der Waals surface area (Å²) < 4.78 is 0. The Morgan fingerprint density at radius 2 is 2.11 bits per heavy atom. The van der Waals surface area contributed by atoms with E-state index in [2.05, 4.69) is 0 Å². The minimum Gasteiger partial charge on any atom is -0.509 e. The van der Waals surface area contributed by atoms with Crippen molar-refractivity contribution in [3.05, 3.63) is 23.2 Å². The first-order chi connectivity index (χ1) is 4.20. The number of hydrogen-bond acceptors (Lipinski definition) is 1. The molecule has 0 saturated carbocycles. The lowest BCUT2D eigenvalue weighted by molar-refractivity contribution is 0.479. The van der Waals surface area contributed by atoms with E-state index in [9.17, 15) is 0 Å². The average molecular weight is 138 g/mol. The van der Waals surface area contributed by atoms with Crippen LogP contribution in [0.15, 0.2) is 18.2 Å². The second kappa shape index (κ2) is 2.32. The maximum absolute atomic E-state index is 8.89. The number of rotatable bonds is 0. The highest BCUT2D eigenvalue weighted by atomic mass is 35.5. The van der Waals surface area contributed by atoms with E-state index >= 15 is 0 Å². The van der Waals surface area contributed by atoms with Crippen molar-refractivity contribution in [3.8, 4) is 5.75 Å². The van der Waals surface area contributed by atoms with Gasteiger partial charge in [0.25, 0.3) is 0 Å². The molecule has 2 radical (unpaired) electrons. The summed E-state index contributed by atoms with van der Waals surface area (Å²) in [6, 6.07) is 4.57. The quantitative estimate of drug-likeness (QED) is 0.527. The van der Waals surface area contributed by atoms with Gasteiger partial charge in [0.15, 0.2) is 0 Å². The van der Waals surface area contributed by atoms with E-state index in [1.807, 2.05) is 0 Å². The van der Waals surface area contributed by atoms with Crippen LogP contribution < -0.4 is 5.46 Å². The Hall–Kier alpha value is -0.625. The predicted molar refractivity (Wildman–Crippen MR) is 38.5 cm³/mol. The van der Waals surface area contributed by atoms with Gasteiger partial charge in [0.2, 0.25) is 0 Å². The number of aromatic hydroxyl groups is 1. The Labute approximate surface area is 59.7 Å². The molecule has 0 aromatic heterocycles. The highest BCUT2D eigenvalue weighted by Gasteiger charge is 1.92. The molecule has 0 fully saturated rings. The second-order valence-corrected chi connectivity index (χ2v) is 2.14. The summed E-state index contributed by atoms with van der Waals surface area (Å²) in [6.07, 6.45) is 0. The lowest BCUT2D eigenvalue weighted by Gasteiger charge is -1.96. The van der Waals surface area contributed by atoms with Crippen LogP contribution in [-0.4, -0.2) is 13.0 Å². The number of benzene rings is 1. The van der Waals surface area contributed by atoms with Gasteiger partial charge in [-0.25, -0.2) is 0 Å². The van der Waals surface area contributed by atoms with Crippen molar-refractivity contribution in [2.45, 2.75) is 0 Å². The fourth-order valence-electron chi connectivity index (χ4n) is 0.517. The molecule has 1 N–H and O–H groups in total. The molecule has 3 heteroatoms. The average Bonchev–Trinajstić information content (AvgIpc) is 1.80. The summed E-state index contributed by atoms with van der Waals surface area (Å²) in [5.74, 6) is 0.0301. The van der Waals surface area contributed by atoms with E-state index < -0.39 is 0 Å². The molecule has 0 spiro atoms. The van der Waals surface area contributed by atoms with Crippen molar-refractivity contribution in [2.24, 2.45) is 0 Å². The lowest BCUT2D eigenvalue weighted by Crippen LogP contribution is -2.00. The van der Waals surface area contributed by atoms with Crippen molar-refractivity contribution < 1.29 is 5.11 Å².